The van der Waals surface area contributed by atoms with Crippen LogP contribution in [-0.2, 0) is 4.79 Å². The van der Waals surface area contributed by atoms with Gasteiger partial charge in [0.2, 0.25) is 0 Å². The van der Waals surface area contributed by atoms with E-state index in [0.29, 0.717) is 16.3 Å². The Morgan fingerprint density at radius 1 is 1.20 bits per heavy atom. The smallest absolute Gasteiger partial charge is 0.259 e. The van der Waals surface area contributed by atoms with Crippen molar-refractivity contribution in [1.29, 1.82) is 5.26 Å². The summed E-state index contributed by atoms with van der Waals surface area (Å²) in [5.74, 6) is -0.785. The van der Waals surface area contributed by atoms with Crippen molar-refractivity contribution < 1.29 is 4.79 Å². The molecule has 5 nitrogen and oxygen atoms in total. The number of para-hydroxylation sites is 1. The van der Waals surface area contributed by atoms with Gasteiger partial charge in [0, 0.05) is 22.3 Å². The Kier molecular flexibility index (Phi) is 4.64. The lowest BCUT2D eigenvalue weighted by Gasteiger charge is -2.01. The SMILES string of the molecule is N#C/C(=C\c1cn(-c2ccccc2)nc1-c1cccc(Cl)c1)C(N)=O. The molecule has 0 aliphatic rings. The van der Waals surface area contributed by atoms with E-state index in [1.807, 2.05) is 48.5 Å². The number of aromatic nitrogens is 2. The molecule has 0 bridgehead atoms. The molecule has 0 fully saturated rings. The molecule has 1 aromatic heterocycles. The molecule has 1 heterocycles. The van der Waals surface area contributed by atoms with E-state index in [1.165, 1.54) is 6.08 Å². The number of benzene rings is 2. The van der Waals surface area contributed by atoms with Crippen molar-refractivity contribution in [3.63, 3.8) is 0 Å². The minimum Gasteiger partial charge on any atom is -0.365 e. The average Bonchev–Trinajstić information content (AvgIpc) is 3.04. The monoisotopic (exact) mass is 348 g/mol. The molecule has 0 saturated heterocycles. The van der Waals surface area contributed by atoms with E-state index in [9.17, 15) is 4.79 Å². The van der Waals surface area contributed by atoms with Crippen LogP contribution in [0.25, 0.3) is 23.0 Å². The Hall–Kier alpha value is -3.36. The lowest BCUT2D eigenvalue weighted by atomic mass is 10.1. The second-order valence-electron chi connectivity index (χ2n) is 5.26. The summed E-state index contributed by atoms with van der Waals surface area (Å²) in [6, 6.07) is 18.5. The minimum atomic E-state index is -0.785. The summed E-state index contributed by atoms with van der Waals surface area (Å²) < 4.78 is 1.68. The number of primary amides is 1. The van der Waals surface area contributed by atoms with E-state index in [0.717, 1.165) is 11.3 Å². The maximum atomic E-state index is 11.4. The van der Waals surface area contributed by atoms with Gasteiger partial charge in [0.05, 0.1) is 5.69 Å². The van der Waals surface area contributed by atoms with Gasteiger partial charge in [-0.2, -0.15) is 10.4 Å². The Labute approximate surface area is 149 Å². The standard InChI is InChI=1S/C19H13ClN4O/c20-16-6-4-5-13(10-16)18-15(9-14(11-21)19(22)25)12-24(23-18)17-7-2-1-3-8-17/h1-10,12H,(H2,22,25)/b14-9+. The molecule has 0 aliphatic heterocycles. The first kappa shape index (κ1) is 16.5. The third kappa shape index (κ3) is 3.60. The van der Waals surface area contributed by atoms with Crippen LogP contribution < -0.4 is 5.73 Å². The molecule has 0 atom stereocenters. The first-order chi connectivity index (χ1) is 12.1. The molecular formula is C19H13ClN4O. The quantitative estimate of drug-likeness (QED) is 0.577. The van der Waals surface area contributed by atoms with E-state index in [4.69, 9.17) is 22.6 Å². The van der Waals surface area contributed by atoms with Crippen LogP contribution >= 0.6 is 11.6 Å². The maximum absolute atomic E-state index is 11.4. The van der Waals surface area contributed by atoms with Gasteiger partial charge in [-0.1, -0.05) is 41.9 Å². The molecule has 1 amide bonds. The van der Waals surface area contributed by atoms with Crippen LogP contribution in [-0.4, -0.2) is 15.7 Å². The Morgan fingerprint density at radius 3 is 2.60 bits per heavy atom. The molecule has 2 N–H and O–H groups in total. The summed E-state index contributed by atoms with van der Waals surface area (Å²) in [7, 11) is 0. The summed E-state index contributed by atoms with van der Waals surface area (Å²) in [4.78, 5) is 11.4. The first-order valence-electron chi connectivity index (χ1n) is 7.41. The van der Waals surface area contributed by atoms with Gasteiger partial charge in [0.15, 0.2) is 0 Å². The van der Waals surface area contributed by atoms with E-state index in [1.54, 1.807) is 23.0 Å². The normalized spacial score (nSPS) is 11.1. The number of halogens is 1. The van der Waals surface area contributed by atoms with Gasteiger partial charge in [-0.25, -0.2) is 4.68 Å². The van der Waals surface area contributed by atoms with Gasteiger partial charge in [0.1, 0.15) is 17.3 Å². The van der Waals surface area contributed by atoms with Gasteiger partial charge >= 0.3 is 0 Å². The molecule has 0 unspecified atom stereocenters. The Bertz CT molecular complexity index is 1000. The van der Waals surface area contributed by atoms with Gasteiger partial charge in [-0.05, 0) is 30.3 Å². The van der Waals surface area contributed by atoms with Gasteiger partial charge < -0.3 is 5.73 Å². The number of nitrogens with zero attached hydrogens (tertiary/aromatic N) is 3. The van der Waals surface area contributed by atoms with Crippen LogP contribution in [0.3, 0.4) is 0 Å². The number of rotatable bonds is 4. The predicted octanol–water partition coefficient (Wildman–Crippen LogP) is 3.58. The molecule has 0 aliphatic carbocycles. The molecule has 25 heavy (non-hydrogen) atoms. The number of carbonyl (C=O) groups is 1. The van der Waals surface area contributed by atoms with E-state index < -0.39 is 5.91 Å². The van der Waals surface area contributed by atoms with Crippen molar-refractivity contribution in [3.05, 3.63) is 77.0 Å². The summed E-state index contributed by atoms with van der Waals surface area (Å²) in [6.07, 6.45) is 3.18. The molecular weight excluding hydrogens is 336 g/mol. The van der Waals surface area contributed by atoms with E-state index in [-0.39, 0.29) is 5.57 Å². The summed E-state index contributed by atoms with van der Waals surface area (Å²) in [5, 5.41) is 14.3. The highest BCUT2D eigenvalue weighted by Crippen LogP contribution is 2.27. The first-order valence-corrected chi connectivity index (χ1v) is 7.79. The van der Waals surface area contributed by atoms with Crippen molar-refractivity contribution in [3.8, 4) is 23.0 Å². The fourth-order valence-corrected chi connectivity index (χ4v) is 2.57. The molecule has 3 aromatic rings. The van der Waals surface area contributed by atoms with Crippen molar-refractivity contribution in [2.75, 3.05) is 0 Å². The van der Waals surface area contributed by atoms with E-state index in [2.05, 4.69) is 5.10 Å². The zero-order valence-corrected chi connectivity index (χ0v) is 13.8. The minimum absolute atomic E-state index is 0.143. The highest BCUT2D eigenvalue weighted by atomic mass is 35.5. The molecule has 0 spiro atoms. The largest absolute Gasteiger partial charge is 0.365 e. The number of nitriles is 1. The van der Waals surface area contributed by atoms with Crippen LogP contribution in [0.2, 0.25) is 5.02 Å². The summed E-state index contributed by atoms with van der Waals surface area (Å²) >= 11 is 6.08. The van der Waals surface area contributed by atoms with Crippen LogP contribution in [0.5, 0.6) is 0 Å². The third-order valence-corrected chi connectivity index (χ3v) is 3.78. The van der Waals surface area contributed by atoms with E-state index >= 15 is 0 Å². The average molecular weight is 349 g/mol. The number of hydrogen-bond acceptors (Lipinski definition) is 3. The highest BCUT2D eigenvalue weighted by molar-refractivity contribution is 6.30. The molecule has 6 heteroatoms. The topological polar surface area (TPSA) is 84.7 Å². The molecule has 2 aromatic carbocycles. The molecule has 3 rings (SSSR count). The van der Waals surface area contributed by atoms with Crippen LogP contribution in [0.1, 0.15) is 5.56 Å². The lowest BCUT2D eigenvalue weighted by molar-refractivity contribution is -0.114. The number of nitrogens with two attached hydrogens (primary N) is 1. The highest BCUT2D eigenvalue weighted by Gasteiger charge is 2.13. The second kappa shape index (κ2) is 7.04. The summed E-state index contributed by atoms with van der Waals surface area (Å²) in [6.45, 7) is 0. The molecule has 122 valence electrons. The van der Waals surface area contributed by atoms with Crippen LogP contribution in [0, 0.1) is 11.3 Å². The fourth-order valence-electron chi connectivity index (χ4n) is 2.38. The number of amides is 1. The van der Waals surface area contributed by atoms with Crippen molar-refractivity contribution in [2.24, 2.45) is 5.73 Å². The third-order valence-electron chi connectivity index (χ3n) is 3.55. The van der Waals surface area contributed by atoms with Crippen molar-refractivity contribution in [1.82, 2.24) is 9.78 Å². The number of hydrogen-bond donors (Lipinski definition) is 1. The lowest BCUT2D eigenvalue weighted by Crippen LogP contribution is -2.12. The summed E-state index contributed by atoms with van der Waals surface area (Å²) in [5.41, 5.74) is 7.92. The van der Waals surface area contributed by atoms with Gasteiger partial charge in [-0.15, -0.1) is 0 Å². The fraction of sp³-hybridized carbons (Fsp3) is 0. The van der Waals surface area contributed by atoms with Gasteiger partial charge in [0.25, 0.3) is 5.91 Å². The number of carbonyl (C=O) groups excluding carboxylic acids is 1. The van der Waals surface area contributed by atoms with Crippen molar-refractivity contribution in [2.45, 2.75) is 0 Å². The second-order valence-corrected chi connectivity index (χ2v) is 5.69. The van der Waals surface area contributed by atoms with Crippen molar-refractivity contribution >= 4 is 23.6 Å². The van der Waals surface area contributed by atoms with Gasteiger partial charge in [-0.3, -0.25) is 4.79 Å². The maximum Gasteiger partial charge on any atom is 0.259 e. The Morgan fingerprint density at radius 2 is 1.96 bits per heavy atom. The predicted molar refractivity (Wildman–Crippen MR) is 96.8 cm³/mol. The van der Waals surface area contributed by atoms with Crippen LogP contribution in [0.4, 0.5) is 0 Å². The zero-order chi connectivity index (χ0) is 17.8. The zero-order valence-electron chi connectivity index (χ0n) is 13.1. The molecule has 0 radical (unpaired) electrons. The molecule has 0 saturated carbocycles. The Balaban J connectivity index is 2.20. The van der Waals surface area contributed by atoms with Crippen LogP contribution in [0.15, 0.2) is 66.4 Å².